The SMILES string of the molecule is CC(C)N/C=C(/C#N)C(=O)NC(C)(C)C. The summed E-state index contributed by atoms with van der Waals surface area (Å²) in [5, 5.41) is 14.4. The van der Waals surface area contributed by atoms with Crippen molar-refractivity contribution in [3.05, 3.63) is 11.8 Å². The Balaban J connectivity index is 4.51. The zero-order valence-electron chi connectivity index (χ0n) is 10.0. The Morgan fingerprint density at radius 3 is 2.27 bits per heavy atom. The first kappa shape index (κ1) is 13.5. The van der Waals surface area contributed by atoms with Gasteiger partial charge in [-0.05, 0) is 34.6 Å². The average Bonchev–Trinajstić information content (AvgIpc) is 2.01. The third-order valence-corrected chi connectivity index (χ3v) is 1.41. The minimum absolute atomic E-state index is 0.0959. The van der Waals surface area contributed by atoms with Crippen LogP contribution in [0.3, 0.4) is 0 Å². The minimum Gasteiger partial charge on any atom is -0.387 e. The van der Waals surface area contributed by atoms with E-state index >= 15 is 0 Å². The van der Waals surface area contributed by atoms with Gasteiger partial charge in [0.15, 0.2) is 0 Å². The van der Waals surface area contributed by atoms with Crippen molar-refractivity contribution in [3.63, 3.8) is 0 Å². The zero-order chi connectivity index (χ0) is 12.1. The van der Waals surface area contributed by atoms with E-state index in [0.717, 1.165) is 0 Å². The Kier molecular flexibility index (Phi) is 4.86. The summed E-state index contributed by atoms with van der Waals surface area (Å²) in [5.74, 6) is -0.349. The van der Waals surface area contributed by atoms with E-state index in [1.54, 1.807) is 0 Å². The van der Waals surface area contributed by atoms with Gasteiger partial charge in [-0.1, -0.05) is 0 Å². The van der Waals surface area contributed by atoms with Gasteiger partial charge < -0.3 is 10.6 Å². The van der Waals surface area contributed by atoms with Crippen molar-refractivity contribution in [2.24, 2.45) is 0 Å². The third kappa shape index (κ3) is 6.55. The van der Waals surface area contributed by atoms with E-state index in [4.69, 9.17) is 5.26 Å². The number of rotatable bonds is 3. The predicted octanol–water partition coefficient (Wildman–Crippen LogP) is 1.31. The van der Waals surface area contributed by atoms with Crippen LogP contribution in [0.15, 0.2) is 11.8 Å². The molecule has 0 unspecified atom stereocenters. The van der Waals surface area contributed by atoms with Crippen molar-refractivity contribution in [3.8, 4) is 6.07 Å². The highest BCUT2D eigenvalue weighted by Gasteiger charge is 2.16. The van der Waals surface area contributed by atoms with Crippen molar-refractivity contribution in [1.82, 2.24) is 10.6 Å². The summed E-state index contributed by atoms with van der Waals surface area (Å²) in [7, 11) is 0. The van der Waals surface area contributed by atoms with Gasteiger partial charge in [-0.3, -0.25) is 4.79 Å². The van der Waals surface area contributed by atoms with Crippen LogP contribution in [-0.4, -0.2) is 17.5 Å². The first-order valence-corrected chi connectivity index (χ1v) is 4.95. The maximum absolute atomic E-state index is 11.6. The number of nitrogens with zero attached hydrogens (tertiary/aromatic N) is 1. The number of nitriles is 1. The summed E-state index contributed by atoms with van der Waals surface area (Å²) in [6, 6.07) is 2.07. The Labute approximate surface area is 91.4 Å². The molecule has 2 N–H and O–H groups in total. The standard InChI is InChI=1S/C11H19N3O/c1-8(2)13-7-9(6-12)10(15)14-11(3,4)5/h7-8,13H,1-5H3,(H,14,15)/b9-7-. The summed E-state index contributed by atoms with van der Waals surface area (Å²) in [6.45, 7) is 9.49. The second-order valence-electron chi connectivity index (χ2n) is 4.70. The normalized spacial score (nSPS) is 12.2. The molecule has 0 aliphatic heterocycles. The number of nitrogens with one attached hydrogen (secondary N) is 2. The molecule has 4 heteroatoms. The smallest absolute Gasteiger partial charge is 0.263 e. The number of amides is 1. The molecule has 0 fully saturated rings. The Hall–Kier alpha value is -1.50. The van der Waals surface area contributed by atoms with Crippen molar-refractivity contribution < 1.29 is 4.79 Å². The highest BCUT2D eigenvalue weighted by molar-refractivity contribution is 5.97. The highest BCUT2D eigenvalue weighted by atomic mass is 16.1. The van der Waals surface area contributed by atoms with Crippen LogP contribution in [0, 0.1) is 11.3 Å². The van der Waals surface area contributed by atoms with Crippen LogP contribution in [0.2, 0.25) is 0 Å². The topological polar surface area (TPSA) is 64.9 Å². The molecule has 0 aromatic carbocycles. The molecule has 0 atom stereocenters. The van der Waals surface area contributed by atoms with Crippen LogP contribution >= 0.6 is 0 Å². The molecule has 4 nitrogen and oxygen atoms in total. The molecule has 0 aromatic rings. The van der Waals surface area contributed by atoms with Crippen LogP contribution in [-0.2, 0) is 4.79 Å². The fourth-order valence-corrected chi connectivity index (χ4v) is 0.807. The molecule has 0 saturated heterocycles. The van der Waals surface area contributed by atoms with Gasteiger partial charge in [0.1, 0.15) is 11.6 Å². The average molecular weight is 209 g/mol. The monoisotopic (exact) mass is 209 g/mol. The molecular formula is C11H19N3O. The zero-order valence-corrected chi connectivity index (χ0v) is 10.0. The molecular weight excluding hydrogens is 190 g/mol. The molecule has 1 amide bonds. The second-order valence-corrected chi connectivity index (χ2v) is 4.70. The summed E-state index contributed by atoms with van der Waals surface area (Å²) in [5.41, 5.74) is -0.233. The van der Waals surface area contributed by atoms with E-state index in [2.05, 4.69) is 10.6 Å². The van der Waals surface area contributed by atoms with E-state index in [9.17, 15) is 4.79 Å². The van der Waals surface area contributed by atoms with Crippen LogP contribution in [0.4, 0.5) is 0 Å². The minimum atomic E-state index is -0.349. The van der Waals surface area contributed by atoms with E-state index in [1.165, 1.54) is 6.20 Å². The van der Waals surface area contributed by atoms with Gasteiger partial charge in [0.05, 0.1) is 0 Å². The van der Waals surface area contributed by atoms with E-state index in [0.29, 0.717) is 0 Å². The van der Waals surface area contributed by atoms with E-state index < -0.39 is 0 Å². The Morgan fingerprint density at radius 2 is 1.93 bits per heavy atom. The molecule has 0 aliphatic carbocycles. The van der Waals surface area contributed by atoms with Crippen molar-refractivity contribution in [1.29, 1.82) is 5.26 Å². The van der Waals surface area contributed by atoms with Crippen LogP contribution < -0.4 is 10.6 Å². The lowest BCUT2D eigenvalue weighted by atomic mass is 10.1. The molecule has 0 rings (SSSR count). The van der Waals surface area contributed by atoms with Gasteiger partial charge in [0, 0.05) is 17.8 Å². The summed E-state index contributed by atoms with van der Waals surface area (Å²) >= 11 is 0. The Bertz CT molecular complexity index is 292. The number of hydrogen-bond donors (Lipinski definition) is 2. The molecule has 0 aromatic heterocycles. The van der Waals surface area contributed by atoms with E-state index in [1.807, 2.05) is 40.7 Å². The van der Waals surface area contributed by atoms with Gasteiger partial charge in [-0.25, -0.2) is 0 Å². The summed E-state index contributed by atoms with van der Waals surface area (Å²) in [4.78, 5) is 11.6. The lowest BCUT2D eigenvalue weighted by Crippen LogP contribution is -2.41. The first-order valence-electron chi connectivity index (χ1n) is 4.95. The molecule has 0 radical (unpaired) electrons. The number of hydrogen-bond acceptors (Lipinski definition) is 3. The fraction of sp³-hybridized carbons (Fsp3) is 0.636. The van der Waals surface area contributed by atoms with Gasteiger partial charge in [0.2, 0.25) is 0 Å². The quantitative estimate of drug-likeness (QED) is 0.544. The Morgan fingerprint density at radius 1 is 1.40 bits per heavy atom. The molecule has 0 aliphatic rings. The molecule has 0 saturated carbocycles. The lowest BCUT2D eigenvalue weighted by Gasteiger charge is -2.20. The van der Waals surface area contributed by atoms with E-state index in [-0.39, 0.29) is 23.1 Å². The molecule has 15 heavy (non-hydrogen) atoms. The maximum atomic E-state index is 11.6. The molecule has 0 heterocycles. The highest BCUT2D eigenvalue weighted by Crippen LogP contribution is 2.01. The van der Waals surface area contributed by atoms with Crippen molar-refractivity contribution in [2.45, 2.75) is 46.2 Å². The van der Waals surface area contributed by atoms with Crippen molar-refractivity contribution in [2.75, 3.05) is 0 Å². The first-order chi connectivity index (χ1) is 6.76. The largest absolute Gasteiger partial charge is 0.387 e. The molecule has 0 spiro atoms. The van der Waals surface area contributed by atoms with Crippen LogP contribution in [0.1, 0.15) is 34.6 Å². The second kappa shape index (κ2) is 5.40. The van der Waals surface area contributed by atoms with Gasteiger partial charge in [-0.15, -0.1) is 0 Å². The third-order valence-electron chi connectivity index (χ3n) is 1.41. The van der Waals surface area contributed by atoms with Gasteiger partial charge >= 0.3 is 0 Å². The summed E-state index contributed by atoms with van der Waals surface area (Å²) in [6.07, 6.45) is 1.45. The molecule has 84 valence electrons. The fourth-order valence-electron chi connectivity index (χ4n) is 0.807. The van der Waals surface area contributed by atoms with Crippen LogP contribution in [0.25, 0.3) is 0 Å². The van der Waals surface area contributed by atoms with Crippen LogP contribution in [0.5, 0.6) is 0 Å². The van der Waals surface area contributed by atoms with Gasteiger partial charge in [-0.2, -0.15) is 5.26 Å². The molecule has 0 bridgehead atoms. The predicted molar refractivity (Wildman–Crippen MR) is 59.9 cm³/mol. The lowest BCUT2D eigenvalue weighted by molar-refractivity contribution is -0.118. The van der Waals surface area contributed by atoms with Crippen molar-refractivity contribution >= 4 is 5.91 Å². The summed E-state index contributed by atoms with van der Waals surface area (Å²) < 4.78 is 0. The number of carbonyl (C=O) groups is 1. The number of carbonyl (C=O) groups excluding carboxylic acids is 1. The van der Waals surface area contributed by atoms with Gasteiger partial charge in [0.25, 0.3) is 5.91 Å². The maximum Gasteiger partial charge on any atom is 0.263 e.